The van der Waals surface area contributed by atoms with Gasteiger partial charge >= 0.3 is 23.9 Å². The third-order valence-corrected chi connectivity index (χ3v) is 18.4. The van der Waals surface area contributed by atoms with E-state index in [4.69, 9.17) is 23.7 Å². The molecule has 0 amide bonds. The van der Waals surface area contributed by atoms with Crippen molar-refractivity contribution in [2.75, 3.05) is 0 Å². The maximum atomic E-state index is 15.7. The van der Waals surface area contributed by atoms with Gasteiger partial charge in [-0.25, -0.2) is 19.2 Å². The zero-order chi connectivity index (χ0) is 51.5. The summed E-state index contributed by atoms with van der Waals surface area (Å²) in [6.07, 6.45) is 9.42. The lowest BCUT2D eigenvalue weighted by atomic mass is 9.75. The Balaban J connectivity index is 1.63. The minimum atomic E-state index is -0.940. The number of carbonyl (C=O) groups is 4. The topological polar surface area (TPSA) is 137 Å². The van der Waals surface area contributed by atoms with Crippen LogP contribution in [0.3, 0.4) is 0 Å². The molecule has 15 atom stereocenters. The summed E-state index contributed by atoms with van der Waals surface area (Å²) in [6.45, 7) is 32.0. The average Bonchev–Trinajstić information content (AvgIpc) is 3.63. The third-order valence-electron chi connectivity index (χ3n) is 18.4. The second-order valence-corrected chi connectivity index (χ2v) is 25.7. The van der Waals surface area contributed by atoms with E-state index in [1.54, 1.807) is 0 Å². The van der Waals surface area contributed by atoms with Crippen LogP contribution in [-0.4, -0.2) is 54.4 Å². The number of hydrogen-bond acceptors (Lipinski definition) is 10. The zero-order valence-corrected chi connectivity index (χ0v) is 46.2. The first-order valence-electron chi connectivity index (χ1n) is 28.4. The maximum Gasteiger partial charge on any atom is 0.340 e. The lowest BCUT2D eigenvalue weighted by Gasteiger charge is -2.42. The van der Waals surface area contributed by atoms with Crippen molar-refractivity contribution in [1.82, 2.24) is 0 Å². The monoisotopic (exact) mass is 976 g/mol. The summed E-state index contributed by atoms with van der Waals surface area (Å²) < 4.78 is 33.2. The molecule has 70 heavy (non-hydrogen) atoms. The predicted octanol–water partition coefficient (Wildman–Crippen LogP) is 12.7. The third kappa shape index (κ3) is 13.1. The lowest BCUT2D eigenvalue weighted by molar-refractivity contribution is -0.368. The molecule has 5 fully saturated rings. The number of ether oxygens (including phenoxy) is 5. The van der Waals surface area contributed by atoms with Gasteiger partial charge < -0.3 is 28.8 Å². The SMILES string of the molecule is CC(C)[C@@H]1CC[C@@H](C)CC1OC(=O)C1=C(C(=O)OC2C[C@H](C)CC[C@H]2C(C)C)C(C(=O)OC2C[C@H](C)CC[C@H]2C(C)C)=C(C(=O)OC2C[C@H](C)CC[C@H]2C(C)C)C1=C([O-])OC1C[C@H](C)CC[C@H]1C(C)C. The van der Waals surface area contributed by atoms with E-state index in [0.717, 1.165) is 64.2 Å². The van der Waals surface area contributed by atoms with Crippen LogP contribution in [0.4, 0.5) is 0 Å². The fourth-order valence-electron chi connectivity index (χ4n) is 13.9. The molecule has 10 nitrogen and oxygen atoms in total. The first-order valence-corrected chi connectivity index (χ1v) is 28.4. The van der Waals surface area contributed by atoms with Gasteiger partial charge in [0.05, 0.1) is 28.2 Å². The van der Waals surface area contributed by atoms with Crippen LogP contribution in [0.2, 0.25) is 0 Å². The molecule has 6 aliphatic carbocycles. The van der Waals surface area contributed by atoms with Crippen LogP contribution in [0.25, 0.3) is 0 Å². The van der Waals surface area contributed by atoms with Gasteiger partial charge in [0.15, 0.2) is 0 Å². The fraction of sp³-hybridized carbons (Fsp3) is 0.833. The van der Waals surface area contributed by atoms with Crippen LogP contribution in [0, 0.1) is 88.8 Å². The molecule has 5 saturated carbocycles. The van der Waals surface area contributed by atoms with Crippen molar-refractivity contribution in [2.24, 2.45) is 88.8 Å². The lowest BCUT2D eigenvalue weighted by Crippen LogP contribution is -2.38. The molecule has 0 spiro atoms. The highest BCUT2D eigenvalue weighted by Crippen LogP contribution is 2.48. The largest absolute Gasteiger partial charge is 0.609 e. The Labute approximate surface area is 423 Å². The van der Waals surface area contributed by atoms with E-state index >= 15 is 24.3 Å². The van der Waals surface area contributed by atoms with Gasteiger partial charge in [0.1, 0.15) is 24.4 Å². The predicted molar refractivity (Wildman–Crippen MR) is 272 cm³/mol. The molecule has 0 aliphatic heterocycles. The minimum absolute atomic E-state index is 0.0170. The van der Waals surface area contributed by atoms with E-state index in [1.807, 2.05) is 0 Å². The molecule has 6 rings (SSSR count). The van der Waals surface area contributed by atoms with Gasteiger partial charge in [0.25, 0.3) is 0 Å². The quantitative estimate of drug-likeness (QED) is 0.0885. The van der Waals surface area contributed by atoms with Gasteiger partial charge in [-0.2, -0.15) is 0 Å². The van der Waals surface area contributed by atoms with E-state index in [9.17, 15) is 0 Å². The van der Waals surface area contributed by atoms with Crippen molar-refractivity contribution >= 4 is 23.9 Å². The van der Waals surface area contributed by atoms with Crippen LogP contribution in [0.1, 0.15) is 200 Å². The highest BCUT2D eigenvalue weighted by molar-refractivity contribution is 6.23. The Morgan fingerprint density at radius 3 is 0.757 bits per heavy atom. The Bertz CT molecular complexity index is 1820. The van der Waals surface area contributed by atoms with Crippen molar-refractivity contribution in [3.63, 3.8) is 0 Å². The summed E-state index contributed by atoms with van der Waals surface area (Å²) in [7, 11) is 0. The minimum Gasteiger partial charge on any atom is -0.609 e. The Morgan fingerprint density at radius 2 is 0.543 bits per heavy atom. The van der Waals surface area contributed by atoms with Gasteiger partial charge in [-0.05, 0) is 153 Å². The molecule has 0 radical (unpaired) electrons. The van der Waals surface area contributed by atoms with E-state index < -0.39 is 88.2 Å². The van der Waals surface area contributed by atoms with Gasteiger partial charge in [0.2, 0.25) is 0 Å². The summed E-state index contributed by atoms with van der Waals surface area (Å²) in [6, 6.07) is 0. The van der Waals surface area contributed by atoms with Crippen molar-refractivity contribution in [1.29, 1.82) is 0 Å². The summed E-state index contributed by atoms with van der Waals surface area (Å²) in [5.74, 6) is -2.42. The molecule has 10 heteroatoms. The van der Waals surface area contributed by atoms with Gasteiger partial charge in [-0.3, -0.25) is 0 Å². The molecule has 0 aromatic rings. The molecule has 0 heterocycles. The number of carbonyl (C=O) groups excluding carboxylic acids is 4. The van der Waals surface area contributed by atoms with Crippen molar-refractivity contribution < 1.29 is 48.0 Å². The Kier molecular flexibility index (Phi) is 19.3. The fourth-order valence-corrected chi connectivity index (χ4v) is 13.9. The van der Waals surface area contributed by atoms with E-state index in [0.29, 0.717) is 32.1 Å². The first-order chi connectivity index (χ1) is 33.0. The average molecular weight is 976 g/mol. The molecule has 6 aliphatic rings. The van der Waals surface area contributed by atoms with Crippen molar-refractivity contribution in [2.45, 2.75) is 231 Å². The molecule has 0 aromatic heterocycles. The Hall–Kier alpha value is -3.30. The summed E-state index contributed by atoms with van der Waals surface area (Å²) in [4.78, 5) is 62.8. The molecular formula is C60H95O10-. The van der Waals surface area contributed by atoms with Crippen LogP contribution in [0.5, 0.6) is 0 Å². The van der Waals surface area contributed by atoms with Gasteiger partial charge in [-0.1, -0.05) is 136 Å². The van der Waals surface area contributed by atoms with E-state index in [-0.39, 0.29) is 88.8 Å². The van der Waals surface area contributed by atoms with Gasteiger partial charge in [0, 0.05) is 11.7 Å². The Morgan fingerprint density at radius 1 is 0.343 bits per heavy atom. The number of esters is 4. The number of hydrogen-bond donors (Lipinski definition) is 0. The van der Waals surface area contributed by atoms with Crippen LogP contribution in [-0.2, 0) is 42.9 Å². The molecular weight excluding hydrogens is 881 g/mol. The smallest absolute Gasteiger partial charge is 0.340 e. The maximum absolute atomic E-state index is 15.7. The van der Waals surface area contributed by atoms with E-state index in [2.05, 4.69) is 104 Å². The second kappa shape index (κ2) is 24.2. The molecule has 0 aromatic carbocycles. The highest BCUT2D eigenvalue weighted by atomic mass is 16.6. The van der Waals surface area contributed by atoms with E-state index in [1.165, 1.54) is 0 Å². The van der Waals surface area contributed by atoms with Crippen molar-refractivity contribution in [3.8, 4) is 0 Å². The molecule has 5 unspecified atom stereocenters. The molecule has 0 saturated heterocycles. The molecule has 0 N–H and O–H groups in total. The normalized spacial score (nSPS) is 35.4. The summed E-state index contributed by atoms with van der Waals surface area (Å²) in [5, 5.41) is 15.7. The first kappa shape index (κ1) is 56.0. The van der Waals surface area contributed by atoms with Crippen LogP contribution < -0.4 is 5.11 Å². The standard InChI is InChI=1S/C60H96O10/c1-31(2)41-21-16-36(11)26-46(41)66-56(61)51-52(57(62)67-47-27-37(12)17-22-42(47)32(3)4)54(59(64)69-49-29-39(14)19-24-44(49)34(7)8)55(60(65)70-50-30-40(15)20-25-45(50)35(9)10)53(51)58(63)68-48-28-38(13)18-23-43(48)33(5)6/h31-50,61H,16-30H2,1-15H3/p-1/t36-,37-,38-,39-,40-,41+,42+,43+,44+,45+,46?,47?,48?,49?,50?/m1/s1. The summed E-state index contributed by atoms with van der Waals surface area (Å²) >= 11 is 0. The van der Waals surface area contributed by atoms with Crippen LogP contribution >= 0.6 is 0 Å². The van der Waals surface area contributed by atoms with Gasteiger partial charge in [-0.15, -0.1) is 0 Å². The van der Waals surface area contributed by atoms with Crippen LogP contribution in [0.15, 0.2) is 33.8 Å². The zero-order valence-electron chi connectivity index (χ0n) is 46.2. The highest BCUT2D eigenvalue weighted by Gasteiger charge is 2.50. The molecule has 396 valence electrons. The summed E-state index contributed by atoms with van der Waals surface area (Å²) in [5.41, 5.74) is -2.23. The second-order valence-electron chi connectivity index (χ2n) is 25.7. The molecule has 0 bridgehead atoms. The number of rotatable bonds is 15. The van der Waals surface area contributed by atoms with Crippen molar-refractivity contribution in [3.05, 3.63) is 33.8 Å².